The third-order valence-electron chi connectivity index (χ3n) is 3.38. The van der Waals surface area contributed by atoms with Crippen LogP contribution in [-0.4, -0.2) is 18.5 Å². The maximum absolute atomic E-state index is 12.2. The summed E-state index contributed by atoms with van der Waals surface area (Å²) in [5, 5.41) is 0. The molecule has 0 aromatic heterocycles. The number of fused-ring (bicyclic) bond motifs is 1. The van der Waals surface area contributed by atoms with Gasteiger partial charge in [0.05, 0.1) is 6.04 Å². The van der Waals surface area contributed by atoms with Gasteiger partial charge in [-0.2, -0.15) is 0 Å². The smallest absolute Gasteiger partial charge is 0.243 e. The average molecular weight is 232 g/mol. The molecule has 0 saturated carbocycles. The number of carbonyl (C=O) groups excluding carboxylic acids is 1. The SMILES string of the molecule is CC[C@H](N)C(=O)N1CCCc2cc(C)ccc21. The average Bonchev–Trinajstić information content (AvgIpc) is 2.35. The number of nitrogens with zero attached hydrogens (tertiary/aromatic N) is 1. The Labute approximate surface area is 103 Å². The van der Waals surface area contributed by atoms with Gasteiger partial charge in [-0.3, -0.25) is 4.79 Å². The lowest BCUT2D eigenvalue weighted by molar-refractivity contribution is -0.120. The predicted molar refractivity (Wildman–Crippen MR) is 70.1 cm³/mol. The van der Waals surface area contributed by atoms with E-state index in [4.69, 9.17) is 5.73 Å². The summed E-state index contributed by atoms with van der Waals surface area (Å²) in [6.07, 6.45) is 2.78. The molecule has 1 aromatic rings. The summed E-state index contributed by atoms with van der Waals surface area (Å²) in [6.45, 7) is 4.82. The first-order valence-electron chi connectivity index (χ1n) is 6.30. The van der Waals surface area contributed by atoms with Gasteiger partial charge in [0.2, 0.25) is 5.91 Å². The van der Waals surface area contributed by atoms with Gasteiger partial charge in [-0.05, 0) is 37.8 Å². The van der Waals surface area contributed by atoms with Crippen LogP contribution in [0, 0.1) is 6.92 Å². The second-order valence-electron chi connectivity index (χ2n) is 4.74. The van der Waals surface area contributed by atoms with E-state index in [1.807, 2.05) is 17.9 Å². The molecule has 3 nitrogen and oxygen atoms in total. The van der Waals surface area contributed by atoms with Crippen molar-refractivity contribution in [1.29, 1.82) is 0 Å². The fraction of sp³-hybridized carbons (Fsp3) is 0.500. The van der Waals surface area contributed by atoms with Gasteiger partial charge in [-0.1, -0.05) is 24.6 Å². The lowest BCUT2D eigenvalue weighted by Crippen LogP contribution is -2.45. The molecule has 0 aliphatic carbocycles. The van der Waals surface area contributed by atoms with Crippen molar-refractivity contribution in [2.24, 2.45) is 5.73 Å². The van der Waals surface area contributed by atoms with Gasteiger partial charge < -0.3 is 10.6 Å². The zero-order chi connectivity index (χ0) is 12.4. The Balaban J connectivity index is 2.31. The molecule has 17 heavy (non-hydrogen) atoms. The van der Waals surface area contributed by atoms with E-state index in [1.165, 1.54) is 11.1 Å². The third kappa shape index (κ3) is 2.34. The number of amides is 1. The molecule has 0 unspecified atom stereocenters. The van der Waals surface area contributed by atoms with Crippen LogP contribution in [0.1, 0.15) is 30.9 Å². The van der Waals surface area contributed by atoms with Crippen molar-refractivity contribution in [1.82, 2.24) is 0 Å². The maximum atomic E-state index is 12.2. The van der Waals surface area contributed by atoms with Gasteiger partial charge in [-0.25, -0.2) is 0 Å². The maximum Gasteiger partial charge on any atom is 0.243 e. The van der Waals surface area contributed by atoms with Crippen molar-refractivity contribution in [3.8, 4) is 0 Å². The van der Waals surface area contributed by atoms with Crippen molar-refractivity contribution in [2.45, 2.75) is 39.2 Å². The first-order chi connectivity index (χ1) is 8.13. The lowest BCUT2D eigenvalue weighted by atomic mass is 9.99. The Hall–Kier alpha value is -1.35. The Kier molecular flexibility index (Phi) is 3.48. The zero-order valence-electron chi connectivity index (χ0n) is 10.6. The molecule has 1 aliphatic heterocycles. The molecule has 1 heterocycles. The molecule has 0 bridgehead atoms. The second-order valence-corrected chi connectivity index (χ2v) is 4.74. The summed E-state index contributed by atoms with van der Waals surface area (Å²) >= 11 is 0. The molecule has 1 aliphatic rings. The number of nitrogens with two attached hydrogens (primary N) is 1. The van der Waals surface area contributed by atoms with Gasteiger partial charge in [0, 0.05) is 12.2 Å². The zero-order valence-corrected chi connectivity index (χ0v) is 10.6. The summed E-state index contributed by atoms with van der Waals surface area (Å²) < 4.78 is 0. The molecule has 0 fully saturated rings. The quantitative estimate of drug-likeness (QED) is 0.848. The predicted octanol–water partition coefficient (Wildman–Crippen LogP) is 2.01. The first kappa shape index (κ1) is 12.1. The highest BCUT2D eigenvalue weighted by molar-refractivity contribution is 5.98. The monoisotopic (exact) mass is 232 g/mol. The minimum Gasteiger partial charge on any atom is -0.320 e. The largest absolute Gasteiger partial charge is 0.320 e. The van der Waals surface area contributed by atoms with Gasteiger partial charge in [0.25, 0.3) is 0 Å². The molecule has 0 radical (unpaired) electrons. The van der Waals surface area contributed by atoms with Crippen LogP contribution in [0.4, 0.5) is 5.69 Å². The second kappa shape index (κ2) is 4.88. The van der Waals surface area contributed by atoms with E-state index >= 15 is 0 Å². The molecule has 2 rings (SSSR count). The third-order valence-corrected chi connectivity index (χ3v) is 3.38. The van der Waals surface area contributed by atoms with E-state index in [2.05, 4.69) is 19.1 Å². The van der Waals surface area contributed by atoms with E-state index in [0.29, 0.717) is 6.42 Å². The Morgan fingerprint density at radius 1 is 1.53 bits per heavy atom. The van der Waals surface area contributed by atoms with E-state index in [-0.39, 0.29) is 11.9 Å². The van der Waals surface area contributed by atoms with Crippen LogP contribution < -0.4 is 10.6 Å². The molecule has 92 valence electrons. The van der Waals surface area contributed by atoms with Crippen LogP contribution >= 0.6 is 0 Å². The van der Waals surface area contributed by atoms with E-state index < -0.39 is 0 Å². The highest BCUT2D eigenvalue weighted by atomic mass is 16.2. The summed E-state index contributed by atoms with van der Waals surface area (Å²) in [5.41, 5.74) is 9.41. The number of benzene rings is 1. The number of aryl methyl sites for hydroxylation is 2. The normalized spacial score (nSPS) is 16.5. The van der Waals surface area contributed by atoms with E-state index in [1.54, 1.807) is 0 Å². The summed E-state index contributed by atoms with van der Waals surface area (Å²) in [7, 11) is 0. The van der Waals surface area contributed by atoms with Crippen LogP contribution in [0.5, 0.6) is 0 Å². The standard InChI is InChI=1S/C14H20N2O/c1-3-12(15)14(17)16-8-4-5-11-9-10(2)6-7-13(11)16/h6-7,9,12H,3-5,8,15H2,1-2H3/t12-/m0/s1. The molecule has 0 saturated heterocycles. The van der Waals surface area contributed by atoms with Crippen LogP contribution in [-0.2, 0) is 11.2 Å². The molecule has 2 N–H and O–H groups in total. The molecule has 1 amide bonds. The number of hydrogen-bond acceptors (Lipinski definition) is 2. The Morgan fingerprint density at radius 3 is 3.00 bits per heavy atom. The Morgan fingerprint density at radius 2 is 2.29 bits per heavy atom. The van der Waals surface area contributed by atoms with Crippen molar-refractivity contribution in [3.05, 3.63) is 29.3 Å². The van der Waals surface area contributed by atoms with E-state index in [0.717, 1.165) is 25.1 Å². The summed E-state index contributed by atoms with van der Waals surface area (Å²) in [5.74, 6) is 0.0531. The Bertz CT molecular complexity index is 428. The number of anilines is 1. The molecular weight excluding hydrogens is 212 g/mol. The van der Waals surface area contributed by atoms with Gasteiger partial charge in [-0.15, -0.1) is 0 Å². The molecule has 1 aromatic carbocycles. The van der Waals surface area contributed by atoms with Crippen LogP contribution in [0.15, 0.2) is 18.2 Å². The number of carbonyl (C=O) groups is 1. The van der Waals surface area contributed by atoms with Crippen molar-refractivity contribution in [2.75, 3.05) is 11.4 Å². The van der Waals surface area contributed by atoms with Crippen LogP contribution in [0.3, 0.4) is 0 Å². The van der Waals surface area contributed by atoms with Crippen LogP contribution in [0.25, 0.3) is 0 Å². The van der Waals surface area contributed by atoms with Gasteiger partial charge in [0.1, 0.15) is 0 Å². The fourth-order valence-electron chi connectivity index (χ4n) is 2.33. The minimum atomic E-state index is -0.373. The summed E-state index contributed by atoms with van der Waals surface area (Å²) in [4.78, 5) is 14.0. The summed E-state index contributed by atoms with van der Waals surface area (Å²) in [6, 6.07) is 5.90. The van der Waals surface area contributed by atoms with Gasteiger partial charge in [0.15, 0.2) is 0 Å². The van der Waals surface area contributed by atoms with Gasteiger partial charge >= 0.3 is 0 Å². The number of hydrogen-bond donors (Lipinski definition) is 1. The molecular formula is C14H20N2O. The topological polar surface area (TPSA) is 46.3 Å². The first-order valence-corrected chi connectivity index (χ1v) is 6.30. The van der Waals surface area contributed by atoms with Crippen molar-refractivity contribution >= 4 is 11.6 Å². The highest BCUT2D eigenvalue weighted by Crippen LogP contribution is 2.28. The number of rotatable bonds is 2. The molecule has 0 spiro atoms. The van der Waals surface area contributed by atoms with Crippen molar-refractivity contribution < 1.29 is 4.79 Å². The van der Waals surface area contributed by atoms with Crippen LogP contribution in [0.2, 0.25) is 0 Å². The lowest BCUT2D eigenvalue weighted by Gasteiger charge is -2.31. The molecule has 3 heteroatoms. The highest BCUT2D eigenvalue weighted by Gasteiger charge is 2.25. The van der Waals surface area contributed by atoms with Crippen molar-refractivity contribution in [3.63, 3.8) is 0 Å². The molecule has 1 atom stereocenters. The van der Waals surface area contributed by atoms with E-state index in [9.17, 15) is 4.79 Å². The fourth-order valence-corrected chi connectivity index (χ4v) is 2.33. The minimum absolute atomic E-state index is 0.0531.